The van der Waals surface area contributed by atoms with Crippen molar-refractivity contribution in [1.82, 2.24) is 25.8 Å². The SMILES string of the molecule is CNC1CCN(C(=O)N[C@H](C(=O)N2[C@@H](NC(=O)[C@@H](Cc3ccccc3)C(=O)C(=O)OC(C)C)CS[C@@H]2c2ccccc2)C(C)C)CC1. The first-order chi connectivity index (χ1) is 22.5. The van der Waals surface area contributed by atoms with Gasteiger partial charge in [-0.25, -0.2) is 9.59 Å². The first-order valence-corrected chi connectivity index (χ1v) is 17.4. The van der Waals surface area contributed by atoms with Crippen LogP contribution in [0.2, 0.25) is 0 Å². The van der Waals surface area contributed by atoms with Crippen LogP contribution < -0.4 is 16.0 Å². The Labute approximate surface area is 281 Å². The van der Waals surface area contributed by atoms with Gasteiger partial charge in [0, 0.05) is 24.9 Å². The number of rotatable bonds is 12. The molecular formula is C35H47N5O6S. The summed E-state index contributed by atoms with van der Waals surface area (Å²) in [4.78, 5) is 71.2. The minimum atomic E-state index is -1.36. The summed E-state index contributed by atoms with van der Waals surface area (Å²) in [5.41, 5.74) is 1.57. The maximum atomic E-state index is 14.5. The zero-order valence-corrected chi connectivity index (χ0v) is 28.6. The third-order valence-corrected chi connectivity index (χ3v) is 9.83. The van der Waals surface area contributed by atoms with Gasteiger partial charge in [0.15, 0.2) is 0 Å². The largest absolute Gasteiger partial charge is 0.457 e. The highest BCUT2D eigenvalue weighted by atomic mass is 32.2. The second kappa shape index (κ2) is 16.8. The number of thioether (sulfide) groups is 1. The molecule has 12 heteroatoms. The summed E-state index contributed by atoms with van der Waals surface area (Å²) in [6.07, 6.45) is 0.302. The van der Waals surface area contributed by atoms with E-state index >= 15 is 0 Å². The smallest absolute Gasteiger partial charge is 0.375 e. The summed E-state index contributed by atoms with van der Waals surface area (Å²) < 4.78 is 5.16. The van der Waals surface area contributed by atoms with Crippen LogP contribution in [0.4, 0.5) is 4.79 Å². The molecule has 2 aromatic rings. The lowest BCUT2D eigenvalue weighted by molar-refractivity contribution is -0.160. The molecule has 2 saturated heterocycles. The fourth-order valence-electron chi connectivity index (χ4n) is 5.86. The van der Waals surface area contributed by atoms with Crippen LogP contribution in [-0.4, -0.2) is 89.6 Å². The Bertz CT molecular complexity index is 1380. The Kier molecular flexibility index (Phi) is 12.8. The topological polar surface area (TPSA) is 137 Å². The van der Waals surface area contributed by atoms with Crippen LogP contribution in [0.25, 0.3) is 0 Å². The van der Waals surface area contributed by atoms with E-state index in [9.17, 15) is 24.0 Å². The Balaban J connectivity index is 1.60. The van der Waals surface area contributed by atoms with Crippen LogP contribution in [0, 0.1) is 11.8 Å². The standard InChI is InChI=1S/C35H47N5O6S/c1-22(2)29(38-35(45)39-18-16-26(36-5)17-19-39)32(43)40-28(21-47-33(40)25-14-10-7-11-15-25)37-31(42)27(20-24-12-8-6-9-13-24)30(41)34(44)46-23(3)4/h6-15,22-23,26-29,33,36H,16-21H2,1-5H3,(H,37,42)(H,38,45)/t27-,28+,29-,33+/m0/s1. The van der Waals surface area contributed by atoms with Crippen LogP contribution >= 0.6 is 11.8 Å². The molecule has 11 nitrogen and oxygen atoms in total. The van der Waals surface area contributed by atoms with E-state index in [0.29, 0.717) is 30.4 Å². The minimum Gasteiger partial charge on any atom is -0.457 e. The lowest BCUT2D eigenvalue weighted by Gasteiger charge is -2.37. The van der Waals surface area contributed by atoms with Crippen molar-refractivity contribution >= 4 is 41.4 Å². The van der Waals surface area contributed by atoms with Gasteiger partial charge < -0.3 is 30.5 Å². The van der Waals surface area contributed by atoms with Gasteiger partial charge in [0.2, 0.25) is 11.8 Å². The summed E-state index contributed by atoms with van der Waals surface area (Å²) >= 11 is 1.48. The number of ketones is 1. The number of esters is 1. The van der Waals surface area contributed by atoms with Gasteiger partial charge in [-0.2, -0.15) is 0 Å². The van der Waals surface area contributed by atoms with Gasteiger partial charge in [-0.3, -0.25) is 14.4 Å². The normalized spacial score (nSPS) is 19.7. The molecule has 0 spiro atoms. The van der Waals surface area contributed by atoms with Crippen molar-refractivity contribution in [3.05, 3.63) is 71.8 Å². The molecule has 2 fully saturated rings. The maximum Gasteiger partial charge on any atom is 0.375 e. The fraction of sp³-hybridized carbons (Fsp3) is 0.514. The van der Waals surface area contributed by atoms with E-state index in [2.05, 4.69) is 16.0 Å². The first kappa shape index (κ1) is 35.9. The van der Waals surface area contributed by atoms with Crippen LogP contribution in [0.5, 0.6) is 0 Å². The molecule has 47 heavy (non-hydrogen) atoms. The number of urea groups is 1. The van der Waals surface area contributed by atoms with Gasteiger partial charge in [-0.1, -0.05) is 74.5 Å². The Hall–Kier alpha value is -3.90. The molecule has 3 N–H and O–H groups in total. The van der Waals surface area contributed by atoms with Crippen molar-refractivity contribution in [1.29, 1.82) is 0 Å². The molecule has 0 saturated carbocycles. The van der Waals surface area contributed by atoms with Crippen LogP contribution in [-0.2, 0) is 30.3 Å². The van der Waals surface area contributed by atoms with Gasteiger partial charge in [0.25, 0.3) is 5.78 Å². The molecule has 0 aromatic heterocycles. The average molecular weight is 666 g/mol. The van der Waals surface area contributed by atoms with E-state index in [-0.39, 0.29) is 24.3 Å². The second-order valence-corrected chi connectivity index (χ2v) is 13.8. The van der Waals surface area contributed by atoms with E-state index in [1.54, 1.807) is 47.9 Å². The zero-order chi connectivity index (χ0) is 34.1. The molecule has 2 aliphatic heterocycles. The fourth-order valence-corrected chi connectivity index (χ4v) is 7.23. The van der Waals surface area contributed by atoms with Crippen molar-refractivity contribution in [3.63, 3.8) is 0 Å². The zero-order valence-electron chi connectivity index (χ0n) is 27.8. The number of hydrogen-bond donors (Lipinski definition) is 3. The molecule has 2 heterocycles. The van der Waals surface area contributed by atoms with Crippen molar-refractivity contribution in [2.24, 2.45) is 11.8 Å². The van der Waals surface area contributed by atoms with Crippen molar-refractivity contribution in [3.8, 4) is 0 Å². The summed E-state index contributed by atoms with van der Waals surface area (Å²) in [5.74, 6) is -4.30. The molecule has 0 unspecified atom stereocenters. The van der Waals surface area contributed by atoms with E-state index in [1.807, 2.05) is 57.3 Å². The number of hydrogen-bond acceptors (Lipinski definition) is 8. The number of carbonyl (C=O) groups excluding carboxylic acids is 5. The number of nitrogens with one attached hydrogen (secondary N) is 3. The molecule has 4 rings (SSSR count). The molecule has 0 radical (unpaired) electrons. The number of benzene rings is 2. The molecule has 2 aromatic carbocycles. The monoisotopic (exact) mass is 665 g/mol. The van der Waals surface area contributed by atoms with E-state index in [1.165, 1.54) is 11.8 Å². The van der Waals surface area contributed by atoms with Crippen LogP contribution in [0.1, 0.15) is 57.0 Å². The summed E-state index contributed by atoms with van der Waals surface area (Å²) in [5, 5.41) is 8.72. The van der Waals surface area contributed by atoms with Crippen LogP contribution in [0.3, 0.4) is 0 Å². The highest BCUT2D eigenvalue weighted by Crippen LogP contribution is 2.41. The molecule has 254 valence electrons. The quantitative estimate of drug-likeness (QED) is 0.178. The highest BCUT2D eigenvalue weighted by Gasteiger charge is 2.45. The van der Waals surface area contributed by atoms with Crippen molar-refractivity contribution in [2.75, 3.05) is 25.9 Å². The third kappa shape index (κ3) is 9.35. The third-order valence-electron chi connectivity index (χ3n) is 8.51. The van der Waals surface area contributed by atoms with Gasteiger partial charge in [0.05, 0.1) is 6.10 Å². The molecule has 4 amide bonds. The van der Waals surface area contributed by atoms with Gasteiger partial charge in [-0.15, -0.1) is 11.8 Å². The van der Waals surface area contributed by atoms with Crippen LogP contribution in [0.15, 0.2) is 60.7 Å². The Morgan fingerprint density at radius 2 is 1.53 bits per heavy atom. The summed E-state index contributed by atoms with van der Waals surface area (Å²) in [6, 6.07) is 17.7. The Morgan fingerprint density at radius 1 is 0.915 bits per heavy atom. The van der Waals surface area contributed by atoms with E-state index in [4.69, 9.17) is 4.74 Å². The molecule has 0 aliphatic carbocycles. The van der Waals surface area contributed by atoms with Gasteiger partial charge >= 0.3 is 12.0 Å². The molecule has 4 atom stereocenters. The highest BCUT2D eigenvalue weighted by molar-refractivity contribution is 7.99. The van der Waals surface area contributed by atoms with Gasteiger partial charge in [-0.05, 0) is 57.2 Å². The number of carbonyl (C=O) groups is 5. The minimum absolute atomic E-state index is 0.0104. The lowest BCUT2D eigenvalue weighted by atomic mass is 9.94. The number of piperidine rings is 1. The predicted molar refractivity (Wildman–Crippen MR) is 181 cm³/mol. The second-order valence-electron chi connectivity index (χ2n) is 12.6. The number of ether oxygens (including phenoxy) is 1. The number of amides is 4. The van der Waals surface area contributed by atoms with E-state index in [0.717, 1.165) is 18.4 Å². The first-order valence-electron chi connectivity index (χ1n) is 16.3. The summed E-state index contributed by atoms with van der Waals surface area (Å²) in [6.45, 7) is 8.18. The predicted octanol–water partition coefficient (Wildman–Crippen LogP) is 3.50. The molecule has 2 aliphatic rings. The maximum absolute atomic E-state index is 14.5. The Morgan fingerprint density at radius 3 is 2.11 bits per heavy atom. The van der Waals surface area contributed by atoms with E-state index < -0.39 is 47.3 Å². The number of likely N-dealkylation sites (tertiary alicyclic amines) is 1. The average Bonchev–Trinajstić information content (AvgIpc) is 3.49. The number of Topliss-reactive ketones (excluding diaryl/α,β-unsaturated/α-hetero) is 1. The molecule has 0 bridgehead atoms. The number of nitrogens with zero attached hydrogens (tertiary/aromatic N) is 2. The lowest BCUT2D eigenvalue weighted by Crippen LogP contribution is -2.59. The van der Waals surface area contributed by atoms with Crippen molar-refractivity contribution in [2.45, 2.75) is 76.7 Å². The van der Waals surface area contributed by atoms with Crippen molar-refractivity contribution < 1.29 is 28.7 Å². The summed E-state index contributed by atoms with van der Waals surface area (Å²) in [7, 11) is 1.91. The molecular weight excluding hydrogens is 618 g/mol. The van der Waals surface area contributed by atoms with Gasteiger partial charge in [0.1, 0.15) is 23.5 Å².